The summed E-state index contributed by atoms with van der Waals surface area (Å²) in [5.74, 6) is -0.0463. The number of amides is 2. The molecule has 0 aliphatic heterocycles. The van der Waals surface area contributed by atoms with Gasteiger partial charge in [0, 0.05) is 12.2 Å². The van der Waals surface area contributed by atoms with Gasteiger partial charge in [-0.1, -0.05) is 26.2 Å². The standard InChI is InChI=1S/C17H26N2O4/c1-3-5-6-7-12-23-15-10-8-14(9-11-15)17(21)19-18-16(20)13-22-4-2/h8-11H,3-7,12-13H2,1-2H3,(H,18,20)(H,19,21). The Morgan fingerprint density at radius 1 is 1.00 bits per heavy atom. The van der Waals surface area contributed by atoms with Crippen LogP contribution in [0.25, 0.3) is 0 Å². The molecular weight excluding hydrogens is 296 g/mol. The molecule has 128 valence electrons. The third kappa shape index (κ3) is 8.21. The van der Waals surface area contributed by atoms with Crippen LogP contribution in [0.15, 0.2) is 24.3 Å². The zero-order valence-electron chi connectivity index (χ0n) is 13.9. The molecule has 0 radical (unpaired) electrons. The Bertz CT molecular complexity index is 474. The zero-order chi connectivity index (χ0) is 16.9. The number of rotatable bonds is 10. The van der Waals surface area contributed by atoms with Crippen molar-refractivity contribution >= 4 is 11.8 Å². The molecule has 0 atom stereocenters. The number of unbranched alkanes of at least 4 members (excludes halogenated alkanes) is 3. The lowest BCUT2D eigenvalue weighted by Crippen LogP contribution is -2.43. The van der Waals surface area contributed by atoms with Crippen molar-refractivity contribution < 1.29 is 19.1 Å². The number of benzene rings is 1. The summed E-state index contributed by atoms with van der Waals surface area (Å²) in [5, 5.41) is 0. The van der Waals surface area contributed by atoms with Crippen molar-refractivity contribution in [3.8, 4) is 5.75 Å². The van der Waals surface area contributed by atoms with Gasteiger partial charge in [-0.05, 0) is 37.6 Å². The molecule has 1 rings (SSSR count). The normalized spacial score (nSPS) is 10.2. The summed E-state index contributed by atoms with van der Waals surface area (Å²) >= 11 is 0. The Morgan fingerprint density at radius 2 is 1.74 bits per heavy atom. The van der Waals surface area contributed by atoms with Crippen molar-refractivity contribution in [1.82, 2.24) is 10.9 Å². The molecule has 6 heteroatoms. The van der Waals surface area contributed by atoms with E-state index in [1.807, 2.05) is 0 Å². The number of hydrogen-bond donors (Lipinski definition) is 2. The highest BCUT2D eigenvalue weighted by Gasteiger charge is 2.07. The molecule has 2 N–H and O–H groups in total. The molecule has 23 heavy (non-hydrogen) atoms. The summed E-state index contributed by atoms with van der Waals surface area (Å²) in [7, 11) is 0. The topological polar surface area (TPSA) is 76.7 Å². The van der Waals surface area contributed by atoms with Crippen LogP contribution in [0.4, 0.5) is 0 Å². The molecule has 1 aromatic carbocycles. The first-order valence-electron chi connectivity index (χ1n) is 8.07. The lowest BCUT2D eigenvalue weighted by molar-refractivity contribution is -0.126. The van der Waals surface area contributed by atoms with Crippen LogP contribution in [0.5, 0.6) is 5.75 Å². The second kappa shape index (κ2) is 11.5. The molecule has 1 aromatic rings. The molecule has 0 spiro atoms. The summed E-state index contributed by atoms with van der Waals surface area (Å²) in [5.41, 5.74) is 5.07. The lowest BCUT2D eigenvalue weighted by atomic mass is 10.2. The smallest absolute Gasteiger partial charge is 0.269 e. The van der Waals surface area contributed by atoms with Crippen molar-refractivity contribution in [2.75, 3.05) is 19.8 Å². The van der Waals surface area contributed by atoms with Gasteiger partial charge in [0.1, 0.15) is 12.4 Å². The maximum atomic E-state index is 11.9. The van der Waals surface area contributed by atoms with E-state index in [4.69, 9.17) is 9.47 Å². The maximum absolute atomic E-state index is 11.9. The molecule has 0 unspecified atom stereocenters. The Kier molecular flexibility index (Phi) is 9.47. The van der Waals surface area contributed by atoms with E-state index in [0.29, 0.717) is 18.8 Å². The molecule has 2 amide bonds. The van der Waals surface area contributed by atoms with Crippen molar-refractivity contribution in [1.29, 1.82) is 0 Å². The first kappa shape index (κ1) is 19.0. The van der Waals surface area contributed by atoms with Gasteiger partial charge in [0.25, 0.3) is 11.8 Å². The van der Waals surface area contributed by atoms with Gasteiger partial charge in [-0.3, -0.25) is 20.4 Å². The zero-order valence-corrected chi connectivity index (χ0v) is 13.9. The average molecular weight is 322 g/mol. The van der Waals surface area contributed by atoms with Gasteiger partial charge >= 0.3 is 0 Å². The molecule has 0 heterocycles. The van der Waals surface area contributed by atoms with Gasteiger partial charge < -0.3 is 9.47 Å². The third-order valence-electron chi connectivity index (χ3n) is 3.14. The molecule has 0 bridgehead atoms. The van der Waals surface area contributed by atoms with Gasteiger partial charge in [-0.2, -0.15) is 0 Å². The maximum Gasteiger partial charge on any atom is 0.269 e. The fourth-order valence-corrected chi connectivity index (χ4v) is 1.85. The van der Waals surface area contributed by atoms with Crippen LogP contribution in [-0.2, 0) is 9.53 Å². The number of carbonyl (C=O) groups is 2. The summed E-state index contributed by atoms with van der Waals surface area (Å²) in [6, 6.07) is 6.81. The van der Waals surface area contributed by atoms with Crippen molar-refractivity contribution in [2.45, 2.75) is 39.5 Å². The van der Waals surface area contributed by atoms with Gasteiger partial charge in [-0.15, -0.1) is 0 Å². The van der Waals surface area contributed by atoms with Crippen molar-refractivity contribution in [2.24, 2.45) is 0 Å². The summed E-state index contributed by atoms with van der Waals surface area (Å²) in [6.45, 7) is 5.01. The van der Waals surface area contributed by atoms with E-state index in [0.717, 1.165) is 12.2 Å². The van der Waals surface area contributed by atoms with Crippen LogP contribution >= 0.6 is 0 Å². The summed E-state index contributed by atoms with van der Waals surface area (Å²) in [6.07, 6.45) is 4.61. The predicted molar refractivity (Wildman–Crippen MR) is 88.2 cm³/mol. The molecule has 0 aliphatic carbocycles. The monoisotopic (exact) mass is 322 g/mol. The average Bonchev–Trinajstić information content (AvgIpc) is 2.58. The van der Waals surface area contributed by atoms with Gasteiger partial charge in [0.05, 0.1) is 6.61 Å². The minimum absolute atomic E-state index is 0.0818. The van der Waals surface area contributed by atoms with E-state index >= 15 is 0 Å². The number of hydrogen-bond acceptors (Lipinski definition) is 4. The Labute approximate surface area is 137 Å². The third-order valence-corrected chi connectivity index (χ3v) is 3.14. The first-order valence-corrected chi connectivity index (χ1v) is 8.07. The van der Waals surface area contributed by atoms with Crippen LogP contribution in [0.1, 0.15) is 49.9 Å². The van der Waals surface area contributed by atoms with E-state index in [2.05, 4.69) is 17.8 Å². The van der Waals surface area contributed by atoms with Crippen molar-refractivity contribution in [3.05, 3.63) is 29.8 Å². The highest BCUT2D eigenvalue weighted by atomic mass is 16.5. The molecule has 0 aromatic heterocycles. The highest BCUT2D eigenvalue weighted by molar-refractivity contribution is 5.95. The van der Waals surface area contributed by atoms with Gasteiger partial charge in [-0.25, -0.2) is 0 Å². The highest BCUT2D eigenvalue weighted by Crippen LogP contribution is 2.13. The molecule has 0 saturated heterocycles. The lowest BCUT2D eigenvalue weighted by Gasteiger charge is -2.09. The van der Waals surface area contributed by atoms with Crippen LogP contribution in [-0.4, -0.2) is 31.6 Å². The minimum atomic E-state index is -0.396. The molecular formula is C17H26N2O4. The molecule has 6 nitrogen and oxygen atoms in total. The van der Waals surface area contributed by atoms with Gasteiger partial charge in [0.15, 0.2) is 0 Å². The largest absolute Gasteiger partial charge is 0.494 e. The summed E-state index contributed by atoms with van der Waals surface area (Å²) < 4.78 is 10.5. The van der Waals surface area contributed by atoms with Crippen LogP contribution in [0.3, 0.4) is 0 Å². The van der Waals surface area contributed by atoms with E-state index in [-0.39, 0.29) is 12.5 Å². The SMILES string of the molecule is CCCCCCOc1ccc(C(=O)NNC(=O)COCC)cc1. The number of ether oxygens (including phenoxy) is 2. The second-order valence-electron chi connectivity index (χ2n) is 5.07. The Hall–Kier alpha value is -2.08. The van der Waals surface area contributed by atoms with Crippen LogP contribution in [0.2, 0.25) is 0 Å². The van der Waals surface area contributed by atoms with Gasteiger partial charge in [0.2, 0.25) is 0 Å². The van der Waals surface area contributed by atoms with E-state index < -0.39 is 5.91 Å². The number of carbonyl (C=O) groups excluding carboxylic acids is 2. The first-order chi connectivity index (χ1) is 11.2. The fraction of sp³-hybridized carbons (Fsp3) is 0.529. The van der Waals surface area contributed by atoms with Crippen LogP contribution < -0.4 is 15.6 Å². The van der Waals surface area contributed by atoms with Crippen LogP contribution in [0, 0.1) is 0 Å². The number of hydrazine groups is 1. The number of nitrogens with one attached hydrogen (secondary N) is 2. The van der Waals surface area contributed by atoms with Crippen molar-refractivity contribution in [3.63, 3.8) is 0 Å². The quantitative estimate of drug-likeness (QED) is 0.512. The predicted octanol–water partition coefficient (Wildman–Crippen LogP) is 2.44. The Balaban J connectivity index is 2.31. The molecule has 0 fully saturated rings. The molecule has 0 aliphatic rings. The fourth-order valence-electron chi connectivity index (χ4n) is 1.85. The second-order valence-corrected chi connectivity index (χ2v) is 5.07. The Morgan fingerprint density at radius 3 is 2.39 bits per heavy atom. The molecule has 0 saturated carbocycles. The van der Waals surface area contributed by atoms with E-state index in [1.165, 1.54) is 19.3 Å². The van der Waals surface area contributed by atoms with E-state index in [1.54, 1.807) is 31.2 Å². The minimum Gasteiger partial charge on any atom is -0.494 e. The summed E-state index contributed by atoms with van der Waals surface area (Å²) in [4.78, 5) is 23.2. The van der Waals surface area contributed by atoms with E-state index in [9.17, 15) is 9.59 Å².